The summed E-state index contributed by atoms with van der Waals surface area (Å²) >= 11 is 7.50. The third-order valence-corrected chi connectivity index (χ3v) is 4.96. The van der Waals surface area contributed by atoms with Crippen molar-refractivity contribution in [3.8, 4) is 0 Å². The van der Waals surface area contributed by atoms with Gasteiger partial charge in [0.2, 0.25) is 0 Å². The molecule has 0 saturated heterocycles. The van der Waals surface area contributed by atoms with E-state index in [2.05, 4.69) is 23.9 Å². The lowest BCUT2D eigenvalue weighted by molar-refractivity contribution is 0.313. The molecule has 0 unspecified atom stereocenters. The van der Waals surface area contributed by atoms with Crippen molar-refractivity contribution in [3.05, 3.63) is 10.5 Å². The second kappa shape index (κ2) is 5.37. The summed E-state index contributed by atoms with van der Waals surface area (Å²) < 4.78 is 0. The van der Waals surface area contributed by atoms with E-state index in [4.69, 9.17) is 11.6 Å². The quantitative estimate of drug-likeness (QED) is 0.808. The molecule has 1 aliphatic rings. The highest BCUT2D eigenvalue weighted by molar-refractivity contribution is 7.14. The van der Waals surface area contributed by atoms with Gasteiger partial charge in [-0.3, -0.25) is 0 Å². The molecule has 1 saturated carbocycles. The largest absolute Gasteiger partial charge is 0.348 e. The number of anilines is 1. The van der Waals surface area contributed by atoms with Gasteiger partial charge < -0.3 is 4.90 Å². The van der Waals surface area contributed by atoms with Gasteiger partial charge in [0.15, 0.2) is 5.13 Å². The molecule has 0 aliphatic heterocycles. The van der Waals surface area contributed by atoms with Crippen LogP contribution in [0.15, 0.2) is 5.38 Å². The zero-order chi connectivity index (χ0) is 11.5. The van der Waals surface area contributed by atoms with E-state index in [9.17, 15) is 0 Å². The fraction of sp³-hybridized carbons (Fsp3) is 0.750. The molecule has 0 atom stereocenters. The Kier molecular flexibility index (Phi) is 4.09. The minimum Gasteiger partial charge on any atom is -0.348 e. The van der Waals surface area contributed by atoms with Crippen LogP contribution in [0.3, 0.4) is 0 Å². The number of halogens is 1. The Morgan fingerprint density at radius 3 is 2.62 bits per heavy atom. The molecule has 0 aromatic carbocycles. The first kappa shape index (κ1) is 12.2. The average molecular weight is 259 g/mol. The SMILES string of the molecule is CCC1CCC(N(C)c2nc(Cl)cs2)CC1. The Balaban J connectivity index is 1.93. The second-order valence-corrected chi connectivity index (χ2v) is 5.87. The average Bonchev–Trinajstić information content (AvgIpc) is 2.75. The van der Waals surface area contributed by atoms with Crippen molar-refractivity contribution in [1.29, 1.82) is 0 Å². The Hall–Kier alpha value is -0.280. The van der Waals surface area contributed by atoms with Gasteiger partial charge in [0.25, 0.3) is 0 Å². The van der Waals surface area contributed by atoms with Gasteiger partial charge in [0.1, 0.15) is 5.15 Å². The molecule has 1 aromatic rings. The fourth-order valence-electron chi connectivity index (χ4n) is 2.50. The van der Waals surface area contributed by atoms with Crippen molar-refractivity contribution in [2.75, 3.05) is 11.9 Å². The molecule has 1 heterocycles. The van der Waals surface area contributed by atoms with E-state index in [1.807, 2.05) is 5.38 Å². The molecule has 0 spiro atoms. The van der Waals surface area contributed by atoms with E-state index in [0.717, 1.165) is 11.0 Å². The monoisotopic (exact) mass is 258 g/mol. The number of rotatable bonds is 3. The number of aromatic nitrogens is 1. The predicted octanol–water partition coefficient (Wildman–Crippen LogP) is 4.20. The minimum atomic E-state index is 0.620. The molecule has 2 rings (SSSR count). The van der Waals surface area contributed by atoms with Gasteiger partial charge in [0, 0.05) is 18.5 Å². The van der Waals surface area contributed by atoms with Crippen molar-refractivity contribution in [1.82, 2.24) is 4.98 Å². The molecule has 0 radical (unpaired) electrons. The van der Waals surface area contributed by atoms with Gasteiger partial charge in [-0.25, -0.2) is 4.98 Å². The molecule has 4 heteroatoms. The summed E-state index contributed by atoms with van der Waals surface area (Å²) in [6.07, 6.45) is 6.66. The Bertz CT molecular complexity index is 332. The number of hydrogen-bond donors (Lipinski definition) is 0. The number of nitrogens with zero attached hydrogens (tertiary/aromatic N) is 2. The lowest BCUT2D eigenvalue weighted by atomic mass is 9.84. The molecule has 16 heavy (non-hydrogen) atoms. The Morgan fingerprint density at radius 2 is 2.12 bits per heavy atom. The maximum Gasteiger partial charge on any atom is 0.186 e. The van der Waals surface area contributed by atoms with Crippen LogP contribution in [0, 0.1) is 5.92 Å². The van der Waals surface area contributed by atoms with E-state index in [0.29, 0.717) is 11.2 Å². The third-order valence-electron chi connectivity index (χ3n) is 3.71. The summed E-state index contributed by atoms with van der Waals surface area (Å²) in [5, 5.41) is 3.59. The summed E-state index contributed by atoms with van der Waals surface area (Å²) in [6.45, 7) is 2.30. The predicted molar refractivity (Wildman–Crippen MR) is 71.6 cm³/mol. The van der Waals surface area contributed by atoms with Crippen molar-refractivity contribution in [3.63, 3.8) is 0 Å². The maximum atomic E-state index is 5.86. The van der Waals surface area contributed by atoms with Crippen LogP contribution in [0.25, 0.3) is 0 Å². The van der Waals surface area contributed by atoms with E-state index in [1.54, 1.807) is 11.3 Å². The van der Waals surface area contributed by atoms with Gasteiger partial charge in [0.05, 0.1) is 0 Å². The molecule has 90 valence electrons. The molecule has 0 bridgehead atoms. The van der Waals surface area contributed by atoms with Crippen LogP contribution < -0.4 is 4.90 Å². The molecule has 1 fully saturated rings. The summed E-state index contributed by atoms with van der Waals surface area (Å²) in [5.74, 6) is 0.949. The highest BCUT2D eigenvalue weighted by Gasteiger charge is 2.24. The molecular weight excluding hydrogens is 240 g/mol. The van der Waals surface area contributed by atoms with Crippen LogP contribution in [0.1, 0.15) is 39.0 Å². The molecule has 0 N–H and O–H groups in total. The fourth-order valence-corrected chi connectivity index (χ4v) is 3.49. The second-order valence-electron chi connectivity index (χ2n) is 4.65. The first-order chi connectivity index (χ1) is 7.70. The number of hydrogen-bond acceptors (Lipinski definition) is 3. The van der Waals surface area contributed by atoms with Gasteiger partial charge in [-0.15, -0.1) is 11.3 Å². The first-order valence-electron chi connectivity index (χ1n) is 6.04. The van der Waals surface area contributed by atoms with Crippen molar-refractivity contribution >= 4 is 28.1 Å². The summed E-state index contributed by atoms with van der Waals surface area (Å²) in [6, 6.07) is 0.657. The van der Waals surface area contributed by atoms with E-state index < -0.39 is 0 Å². The first-order valence-corrected chi connectivity index (χ1v) is 7.30. The van der Waals surface area contributed by atoms with Gasteiger partial charge in [-0.05, 0) is 31.6 Å². The highest BCUT2D eigenvalue weighted by atomic mass is 35.5. The van der Waals surface area contributed by atoms with E-state index in [-0.39, 0.29) is 0 Å². The zero-order valence-corrected chi connectivity index (χ0v) is 11.5. The summed E-state index contributed by atoms with van der Waals surface area (Å²) in [4.78, 5) is 6.64. The standard InChI is InChI=1S/C12H19ClN2S/c1-3-9-4-6-10(7-5-9)15(2)12-14-11(13)8-16-12/h8-10H,3-7H2,1-2H3. The smallest absolute Gasteiger partial charge is 0.186 e. The highest BCUT2D eigenvalue weighted by Crippen LogP contribution is 2.32. The lowest BCUT2D eigenvalue weighted by Crippen LogP contribution is -2.35. The van der Waals surface area contributed by atoms with E-state index in [1.165, 1.54) is 32.1 Å². The third kappa shape index (κ3) is 2.69. The number of thiazole rings is 1. The van der Waals surface area contributed by atoms with Crippen LogP contribution in [-0.2, 0) is 0 Å². The summed E-state index contributed by atoms with van der Waals surface area (Å²) in [7, 11) is 2.14. The minimum absolute atomic E-state index is 0.620. The van der Waals surface area contributed by atoms with Crippen LogP contribution in [0.2, 0.25) is 5.15 Å². The van der Waals surface area contributed by atoms with Gasteiger partial charge in [-0.2, -0.15) is 0 Å². The summed E-state index contributed by atoms with van der Waals surface area (Å²) in [5.41, 5.74) is 0. The van der Waals surface area contributed by atoms with Gasteiger partial charge >= 0.3 is 0 Å². The van der Waals surface area contributed by atoms with Crippen LogP contribution in [0.5, 0.6) is 0 Å². The Morgan fingerprint density at radius 1 is 1.44 bits per heavy atom. The normalized spacial score (nSPS) is 25.7. The van der Waals surface area contributed by atoms with Crippen molar-refractivity contribution in [2.45, 2.75) is 45.1 Å². The molecule has 1 aromatic heterocycles. The lowest BCUT2D eigenvalue weighted by Gasteiger charge is -2.34. The molecular formula is C12H19ClN2S. The topological polar surface area (TPSA) is 16.1 Å². The maximum absolute atomic E-state index is 5.86. The molecule has 0 amide bonds. The van der Waals surface area contributed by atoms with Gasteiger partial charge in [-0.1, -0.05) is 24.9 Å². The van der Waals surface area contributed by atoms with E-state index >= 15 is 0 Å². The molecule has 2 nitrogen and oxygen atoms in total. The van der Waals surface area contributed by atoms with Crippen molar-refractivity contribution in [2.24, 2.45) is 5.92 Å². The van der Waals surface area contributed by atoms with Crippen LogP contribution >= 0.6 is 22.9 Å². The zero-order valence-electron chi connectivity index (χ0n) is 9.95. The van der Waals surface area contributed by atoms with Crippen LogP contribution in [0.4, 0.5) is 5.13 Å². The van der Waals surface area contributed by atoms with Crippen LogP contribution in [-0.4, -0.2) is 18.1 Å². The van der Waals surface area contributed by atoms with Crippen molar-refractivity contribution < 1.29 is 0 Å². The molecule has 1 aliphatic carbocycles. The Labute approximate surface area is 107 Å².